The average molecular weight is 229 g/mol. The molecule has 0 fully saturated rings. The van der Waals surface area contributed by atoms with Gasteiger partial charge >= 0.3 is 0 Å². The number of carbonyl (C=O) groups is 1. The van der Waals surface area contributed by atoms with E-state index < -0.39 is 0 Å². The summed E-state index contributed by atoms with van der Waals surface area (Å²) < 4.78 is 0. The van der Waals surface area contributed by atoms with Gasteiger partial charge in [-0.15, -0.1) is 12.4 Å². The number of hydrogen-bond acceptors (Lipinski definition) is 2. The number of carbonyl (C=O) groups excluding carboxylic acids is 1. The van der Waals surface area contributed by atoms with Gasteiger partial charge in [-0.05, 0) is 36.6 Å². The van der Waals surface area contributed by atoms with Crippen LogP contribution in [0.5, 0.6) is 0 Å². The summed E-state index contributed by atoms with van der Waals surface area (Å²) in [5, 5.41) is 0. The first-order valence-electron chi connectivity index (χ1n) is 4.75. The Bertz CT molecular complexity index is 311. The Balaban J connectivity index is 0.00000196. The number of rotatable bonds is 4. The molecule has 84 valence electrons. The zero-order chi connectivity index (χ0) is 10.6. The highest BCUT2D eigenvalue weighted by Crippen LogP contribution is 2.18. The summed E-state index contributed by atoms with van der Waals surface area (Å²) in [6.45, 7) is 2.80. The van der Waals surface area contributed by atoms with Crippen LogP contribution in [-0.2, 0) is 0 Å². The predicted octanol–water partition coefficient (Wildman–Crippen LogP) is 1.66. The number of amides is 1. The monoisotopic (exact) mass is 228 g/mol. The van der Waals surface area contributed by atoms with Gasteiger partial charge in [0.15, 0.2) is 0 Å². The Kier molecular flexibility index (Phi) is 5.97. The first kappa shape index (κ1) is 13.9. The highest BCUT2D eigenvalue weighted by Gasteiger charge is 2.05. The van der Waals surface area contributed by atoms with Crippen molar-refractivity contribution in [3.63, 3.8) is 0 Å². The van der Waals surface area contributed by atoms with Gasteiger partial charge in [-0.2, -0.15) is 0 Å². The lowest BCUT2D eigenvalue weighted by molar-refractivity contribution is 0.100. The SMILES string of the molecule is CC(CCN)c1ccc(C(N)=O)cc1.Cl. The van der Waals surface area contributed by atoms with Crippen LogP contribution in [0.1, 0.15) is 35.2 Å². The third kappa shape index (κ3) is 3.90. The summed E-state index contributed by atoms with van der Waals surface area (Å²) in [4.78, 5) is 10.8. The predicted molar refractivity (Wildman–Crippen MR) is 64.3 cm³/mol. The second kappa shape index (κ2) is 6.43. The van der Waals surface area contributed by atoms with E-state index >= 15 is 0 Å². The normalized spacial score (nSPS) is 11.6. The van der Waals surface area contributed by atoms with Gasteiger partial charge in [0.2, 0.25) is 5.91 Å². The average Bonchev–Trinajstić information content (AvgIpc) is 2.18. The number of halogens is 1. The topological polar surface area (TPSA) is 69.1 Å². The lowest BCUT2D eigenvalue weighted by atomic mass is 9.97. The molecule has 0 saturated carbocycles. The molecule has 1 unspecified atom stereocenters. The van der Waals surface area contributed by atoms with Gasteiger partial charge < -0.3 is 11.5 Å². The Labute approximate surface area is 96.3 Å². The van der Waals surface area contributed by atoms with Crippen molar-refractivity contribution >= 4 is 18.3 Å². The molecule has 1 amide bonds. The molecule has 0 aromatic heterocycles. The molecule has 0 aliphatic carbocycles. The molecule has 1 atom stereocenters. The molecule has 3 nitrogen and oxygen atoms in total. The molecule has 1 aromatic carbocycles. The molecule has 0 saturated heterocycles. The molecule has 4 heteroatoms. The van der Waals surface area contributed by atoms with E-state index in [-0.39, 0.29) is 18.3 Å². The first-order valence-corrected chi connectivity index (χ1v) is 4.75. The van der Waals surface area contributed by atoms with Crippen LogP contribution in [0, 0.1) is 0 Å². The van der Waals surface area contributed by atoms with Gasteiger partial charge in [0.25, 0.3) is 0 Å². The van der Waals surface area contributed by atoms with Gasteiger partial charge in [0.05, 0.1) is 0 Å². The maximum atomic E-state index is 10.8. The van der Waals surface area contributed by atoms with Crippen molar-refractivity contribution in [1.29, 1.82) is 0 Å². The van der Waals surface area contributed by atoms with E-state index in [1.807, 2.05) is 12.1 Å². The van der Waals surface area contributed by atoms with E-state index in [2.05, 4.69) is 6.92 Å². The van der Waals surface area contributed by atoms with E-state index in [1.54, 1.807) is 12.1 Å². The lowest BCUT2D eigenvalue weighted by Gasteiger charge is -2.10. The lowest BCUT2D eigenvalue weighted by Crippen LogP contribution is -2.11. The third-order valence-corrected chi connectivity index (χ3v) is 2.36. The van der Waals surface area contributed by atoms with Crippen LogP contribution in [0.4, 0.5) is 0 Å². The molecule has 0 heterocycles. The molecule has 0 spiro atoms. The van der Waals surface area contributed by atoms with Gasteiger partial charge in [-0.1, -0.05) is 19.1 Å². The molecule has 15 heavy (non-hydrogen) atoms. The summed E-state index contributed by atoms with van der Waals surface area (Å²) in [5.41, 5.74) is 12.4. The molecule has 1 rings (SSSR count). The van der Waals surface area contributed by atoms with Crippen molar-refractivity contribution in [2.45, 2.75) is 19.3 Å². The van der Waals surface area contributed by atoms with Gasteiger partial charge in [0, 0.05) is 5.56 Å². The number of benzene rings is 1. The van der Waals surface area contributed by atoms with Gasteiger partial charge in [0.1, 0.15) is 0 Å². The van der Waals surface area contributed by atoms with Crippen molar-refractivity contribution in [1.82, 2.24) is 0 Å². The Hall–Kier alpha value is -1.06. The second-order valence-electron chi connectivity index (χ2n) is 3.46. The minimum absolute atomic E-state index is 0. The van der Waals surface area contributed by atoms with E-state index in [9.17, 15) is 4.79 Å². The quantitative estimate of drug-likeness (QED) is 0.823. The minimum Gasteiger partial charge on any atom is -0.366 e. The molecule has 0 bridgehead atoms. The number of hydrogen-bond donors (Lipinski definition) is 2. The molecule has 0 aliphatic rings. The van der Waals surface area contributed by atoms with Crippen molar-refractivity contribution in [2.24, 2.45) is 11.5 Å². The summed E-state index contributed by atoms with van der Waals surface area (Å²) in [6, 6.07) is 7.37. The fraction of sp³-hybridized carbons (Fsp3) is 0.364. The number of nitrogens with two attached hydrogens (primary N) is 2. The van der Waals surface area contributed by atoms with E-state index in [0.29, 0.717) is 18.0 Å². The standard InChI is InChI=1S/C11H16N2O.ClH/c1-8(6-7-12)9-2-4-10(5-3-9)11(13)14;/h2-5,8H,6-7,12H2,1H3,(H2,13,14);1H. The summed E-state index contributed by atoms with van der Waals surface area (Å²) >= 11 is 0. The van der Waals surface area contributed by atoms with Gasteiger partial charge in [-0.3, -0.25) is 4.79 Å². The summed E-state index contributed by atoms with van der Waals surface area (Å²) in [6.07, 6.45) is 0.954. The zero-order valence-electron chi connectivity index (χ0n) is 8.77. The smallest absolute Gasteiger partial charge is 0.248 e. The first-order chi connectivity index (χ1) is 6.65. The fourth-order valence-electron chi connectivity index (χ4n) is 1.39. The minimum atomic E-state index is -0.386. The maximum absolute atomic E-state index is 10.8. The highest BCUT2D eigenvalue weighted by molar-refractivity contribution is 5.92. The van der Waals surface area contributed by atoms with Crippen molar-refractivity contribution in [2.75, 3.05) is 6.54 Å². The van der Waals surface area contributed by atoms with E-state index in [4.69, 9.17) is 11.5 Å². The van der Waals surface area contributed by atoms with Crippen LogP contribution >= 0.6 is 12.4 Å². The van der Waals surface area contributed by atoms with Crippen LogP contribution < -0.4 is 11.5 Å². The van der Waals surface area contributed by atoms with E-state index in [0.717, 1.165) is 6.42 Å². The van der Waals surface area contributed by atoms with Crippen LogP contribution in [-0.4, -0.2) is 12.5 Å². The molecular formula is C11H17ClN2O. The Morgan fingerprint density at radius 2 is 1.87 bits per heavy atom. The van der Waals surface area contributed by atoms with Crippen molar-refractivity contribution < 1.29 is 4.79 Å². The fourth-order valence-corrected chi connectivity index (χ4v) is 1.39. The molecule has 0 aliphatic heterocycles. The molecule has 4 N–H and O–H groups in total. The summed E-state index contributed by atoms with van der Waals surface area (Å²) in [5.74, 6) is 0.0463. The Morgan fingerprint density at radius 1 is 1.33 bits per heavy atom. The second-order valence-corrected chi connectivity index (χ2v) is 3.46. The van der Waals surface area contributed by atoms with Gasteiger partial charge in [-0.25, -0.2) is 0 Å². The van der Waals surface area contributed by atoms with Crippen molar-refractivity contribution in [3.8, 4) is 0 Å². The Morgan fingerprint density at radius 3 is 2.27 bits per heavy atom. The summed E-state index contributed by atoms with van der Waals surface area (Å²) in [7, 11) is 0. The maximum Gasteiger partial charge on any atom is 0.248 e. The molecular weight excluding hydrogens is 212 g/mol. The molecule has 1 aromatic rings. The van der Waals surface area contributed by atoms with Crippen LogP contribution in [0.3, 0.4) is 0 Å². The largest absolute Gasteiger partial charge is 0.366 e. The number of primary amides is 1. The highest BCUT2D eigenvalue weighted by atomic mass is 35.5. The van der Waals surface area contributed by atoms with E-state index in [1.165, 1.54) is 5.56 Å². The zero-order valence-corrected chi connectivity index (χ0v) is 9.59. The van der Waals surface area contributed by atoms with Crippen LogP contribution in [0.2, 0.25) is 0 Å². The van der Waals surface area contributed by atoms with Crippen molar-refractivity contribution in [3.05, 3.63) is 35.4 Å². The van der Waals surface area contributed by atoms with Crippen LogP contribution in [0.25, 0.3) is 0 Å². The molecule has 0 radical (unpaired) electrons. The van der Waals surface area contributed by atoms with Crippen LogP contribution in [0.15, 0.2) is 24.3 Å². The third-order valence-electron chi connectivity index (χ3n) is 2.36.